The third-order valence-electron chi connectivity index (χ3n) is 3.44. The Morgan fingerprint density at radius 2 is 1.68 bits per heavy atom. The van der Waals surface area contributed by atoms with Crippen LogP contribution in [0.15, 0.2) is 24.3 Å². The first-order valence-electron chi connectivity index (χ1n) is 7.39. The maximum atomic E-state index is 6.20. The van der Waals surface area contributed by atoms with E-state index in [0.29, 0.717) is 0 Å². The second kappa shape index (κ2) is 6.95. The molecule has 1 aromatic carbocycles. The van der Waals surface area contributed by atoms with Crippen molar-refractivity contribution in [2.75, 3.05) is 0 Å². The Hall–Kier alpha value is -1.02. The van der Waals surface area contributed by atoms with E-state index in [4.69, 9.17) is 10.5 Å². The molecule has 2 nitrogen and oxygen atoms in total. The number of rotatable bonds is 6. The van der Waals surface area contributed by atoms with E-state index in [9.17, 15) is 0 Å². The second-order valence-corrected chi connectivity index (χ2v) is 6.37. The van der Waals surface area contributed by atoms with E-state index >= 15 is 0 Å². The topological polar surface area (TPSA) is 35.2 Å². The Balaban J connectivity index is 2.79. The molecule has 0 bridgehead atoms. The smallest absolute Gasteiger partial charge is 0.119 e. The zero-order valence-corrected chi connectivity index (χ0v) is 13.1. The highest BCUT2D eigenvalue weighted by Gasteiger charge is 2.31. The Labute approximate surface area is 118 Å². The van der Waals surface area contributed by atoms with E-state index in [-0.39, 0.29) is 17.6 Å². The van der Waals surface area contributed by atoms with Crippen LogP contribution in [0.4, 0.5) is 0 Å². The SMILES string of the molecule is CCCc1ccc(OC(C(N)CC)C(C)(C)C)cc1. The molecule has 2 unspecified atom stereocenters. The molecule has 0 saturated heterocycles. The van der Waals surface area contributed by atoms with Gasteiger partial charge >= 0.3 is 0 Å². The summed E-state index contributed by atoms with van der Waals surface area (Å²) in [7, 11) is 0. The zero-order chi connectivity index (χ0) is 14.5. The molecule has 108 valence electrons. The van der Waals surface area contributed by atoms with Crippen LogP contribution >= 0.6 is 0 Å². The molecule has 2 N–H and O–H groups in total. The van der Waals surface area contributed by atoms with Gasteiger partial charge in [-0.05, 0) is 30.5 Å². The number of nitrogens with two attached hydrogens (primary N) is 1. The average molecular weight is 263 g/mol. The van der Waals surface area contributed by atoms with Crippen LogP contribution in [0.25, 0.3) is 0 Å². The molecular weight excluding hydrogens is 234 g/mol. The van der Waals surface area contributed by atoms with Crippen LogP contribution in [0.5, 0.6) is 5.75 Å². The lowest BCUT2D eigenvalue weighted by Crippen LogP contribution is -2.47. The van der Waals surface area contributed by atoms with Gasteiger partial charge in [0.05, 0.1) is 0 Å². The summed E-state index contributed by atoms with van der Waals surface area (Å²) in [5.74, 6) is 0.920. The minimum atomic E-state index is 0.0366. The van der Waals surface area contributed by atoms with E-state index in [2.05, 4.69) is 58.9 Å². The van der Waals surface area contributed by atoms with Crippen molar-refractivity contribution >= 4 is 0 Å². The molecule has 0 saturated carbocycles. The molecule has 0 spiro atoms. The van der Waals surface area contributed by atoms with Crippen molar-refractivity contribution in [2.45, 2.75) is 66.0 Å². The highest BCUT2D eigenvalue weighted by molar-refractivity contribution is 5.27. The third kappa shape index (κ3) is 4.87. The van der Waals surface area contributed by atoms with Gasteiger partial charge in [-0.3, -0.25) is 0 Å². The second-order valence-electron chi connectivity index (χ2n) is 6.37. The summed E-state index contributed by atoms with van der Waals surface area (Å²) in [5.41, 5.74) is 7.61. The molecule has 1 aromatic rings. The number of aryl methyl sites for hydroxylation is 1. The van der Waals surface area contributed by atoms with E-state index in [1.165, 1.54) is 12.0 Å². The molecule has 0 fully saturated rings. The molecule has 0 radical (unpaired) electrons. The molecule has 0 aliphatic heterocycles. The molecule has 0 aromatic heterocycles. The summed E-state index contributed by atoms with van der Waals surface area (Å²) < 4.78 is 6.14. The van der Waals surface area contributed by atoms with E-state index < -0.39 is 0 Å². The first kappa shape index (κ1) is 16.0. The summed E-state index contributed by atoms with van der Waals surface area (Å²) in [6.07, 6.45) is 3.26. The lowest BCUT2D eigenvalue weighted by atomic mass is 9.84. The van der Waals surface area contributed by atoms with Crippen molar-refractivity contribution in [1.82, 2.24) is 0 Å². The summed E-state index contributed by atoms with van der Waals surface area (Å²) in [6, 6.07) is 8.49. The van der Waals surface area contributed by atoms with Gasteiger partial charge in [0.1, 0.15) is 11.9 Å². The van der Waals surface area contributed by atoms with Crippen LogP contribution < -0.4 is 10.5 Å². The van der Waals surface area contributed by atoms with Crippen LogP contribution in [0.1, 0.15) is 53.0 Å². The molecule has 2 atom stereocenters. The van der Waals surface area contributed by atoms with Gasteiger partial charge in [-0.25, -0.2) is 0 Å². The Morgan fingerprint density at radius 1 is 1.11 bits per heavy atom. The van der Waals surface area contributed by atoms with Crippen molar-refractivity contribution in [3.63, 3.8) is 0 Å². The zero-order valence-electron chi connectivity index (χ0n) is 13.1. The van der Waals surface area contributed by atoms with Crippen molar-refractivity contribution in [1.29, 1.82) is 0 Å². The molecule has 0 aliphatic carbocycles. The van der Waals surface area contributed by atoms with Gasteiger partial charge in [-0.2, -0.15) is 0 Å². The van der Waals surface area contributed by atoms with Gasteiger partial charge in [0.2, 0.25) is 0 Å². The van der Waals surface area contributed by atoms with E-state index in [1.807, 2.05) is 0 Å². The maximum absolute atomic E-state index is 6.20. The average Bonchev–Trinajstić information content (AvgIpc) is 2.36. The summed E-state index contributed by atoms with van der Waals surface area (Å²) >= 11 is 0. The number of ether oxygens (including phenoxy) is 1. The van der Waals surface area contributed by atoms with Gasteiger partial charge in [-0.15, -0.1) is 0 Å². The summed E-state index contributed by atoms with van der Waals surface area (Å²) in [6.45, 7) is 10.8. The molecule has 0 aliphatic rings. The number of benzene rings is 1. The fourth-order valence-electron chi connectivity index (χ4n) is 2.29. The predicted octanol–water partition coefficient (Wildman–Crippen LogP) is 4.17. The van der Waals surface area contributed by atoms with Crippen LogP contribution in [-0.2, 0) is 6.42 Å². The molecular formula is C17H29NO. The fraction of sp³-hybridized carbons (Fsp3) is 0.647. The Bertz CT molecular complexity index is 364. The predicted molar refractivity (Wildman–Crippen MR) is 82.6 cm³/mol. The minimum absolute atomic E-state index is 0.0366. The van der Waals surface area contributed by atoms with Gasteiger partial charge in [0.25, 0.3) is 0 Å². The maximum Gasteiger partial charge on any atom is 0.119 e. The monoisotopic (exact) mass is 263 g/mol. The number of hydrogen-bond donors (Lipinski definition) is 1. The highest BCUT2D eigenvalue weighted by atomic mass is 16.5. The minimum Gasteiger partial charge on any atom is -0.488 e. The lowest BCUT2D eigenvalue weighted by Gasteiger charge is -2.35. The Kier molecular flexibility index (Phi) is 5.86. The Morgan fingerprint density at radius 3 is 2.11 bits per heavy atom. The standard InChI is InChI=1S/C17H29NO/c1-6-8-13-9-11-14(12-10-13)19-16(15(18)7-2)17(3,4)5/h9-12,15-16H,6-8,18H2,1-5H3. The van der Waals surface area contributed by atoms with Crippen LogP contribution in [0.3, 0.4) is 0 Å². The van der Waals surface area contributed by atoms with E-state index in [1.54, 1.807) is 0 Å². The normalized spacial score (nSPS) is 15.1. The first-order valence-corrected chi connectivity index (χ1v) is 7.39. The van der Waals surface area contributed by atoms with Crippen molar-refractivity contribution in [2.24, 2.45) is 11.1 Å². The van der Waals surface area contributed by atoms with Gasteiger partial charge in [-0.1, -0.05) is 53.2 Å². The third-order valence-corrected chi connectivity index (χ3v) is 3.44. The van der Waals surface area contributed by atoms with Crippen LogP contribution in [0.2, 0.25) is 0 Å². The summed E-state index contributed by atoms with van der Waals surface area (Å²) in [5, 5.41) is 0. The van der Waals surface area contributed by atoms with Crippen molar-refractivity contribution < 1.29 is 4.74 Å². The highest BCUT2D eigenvalue weighted by Crippen LogP contribution is 2.27. The van der Waals surface area contributed by atoms with Crippen molar-refractivity contribution in [3.8, 4) is 5.75 Å². The first-order chi connectivity index (χ1) is 8.88. The number of hydrogen-bond acceptors (Lipinski definition) is 2. The lowest BCUT2D eigenvalue weighted by molar-refractivity contribution is 0.0621. The molecule has 0 heterocycles. The molecule has 0 amide bonds. The quantitative estimate of drug-likeness (QED) is 0.836. The largest absolute Gasteiger partial charge is 0.488 e. The van der Waals surface area contributed by atoms with Crippen LogP contribution in [0, 0.1) is 5.41 Å². The fourth-order valence-corrected chi connectivity index (χ4v) is 2.29. The van der Waals surface area contributed by atoms with Crippen LogP contribution in [-0.4, -0.2) is 12.1 Å². The van der Waals surface area contributed by atoms with Gasteiger partial charge in [0.15, 0.2) is 0 Å². The molecule has 1 rings (SSSR count). The van der Waals surface area contributed by atoms with Gasteiger partial charge < -0.3 is 10.5 Å². The van der Waals surface area contributed by atoms with Crippen molar-refractivity contribution in [3.05, 3.63) is 29.8 Å². The molecule has 19 heavy (non-hydrogen) atoms. The summed E-state index contributed by atoms with van der Waals surface area (Å²) in [4.78, 5) is 0. The van der Waals surface area contributed by atoms with E-state index in [0.717, 1.165) is 18.6 Å². The molecule has 2 heteroatoms. The van der Waals surface area contributed by atoms with Gasteiger partial charge in [0, 0.05) is 11.5 Å².